The van der Waals surface area contributed by atoms with E-state index in [1.54, 1.807) is 0 Å². The van der Waals surface area contributed by atoms with Crippen molar-refractivity contribution in [2.45, 2.75) is 0 Å². The Bertz CT molecular complexity index is 347. The predicted octanol–water partition coefficient (Wildman–Crippen LogP) is 3.64. The van der Waals surface area contributed by atoms with Gasteiger partial charge in [0.2, 0.25) is 0 Å². The minimum atomic E-state index is -5.61. The average Bonchev–Trinajstić information content (AvgIpc) is 2.45. The molecule has 0 aliphatic carbocycles. The van der Waals surface area contributed by atoms with Gasteiger partial charge in [0, 0.05) is 0 Å². The van der Waals surface area contributed by atoms with E-state index < -0.39 is 20.0 Å². The van der Waals surface area contributed by atoms with Crippen LogP contribution in [0.15, 0.2) is 38.0 Å². The zero-order valence-electron chi connectivity index (χ0n) is 12.5. The molecular formula is C14H23F2O5P. The summed E-state index contributed by atoms with van der Waals surface area (Å²) < 4.78 is 55.9. The van der Waals surface area contributed by atoms with Crippen LogP contribution < -0.4 is 0 Å². The lowest BCUT2D eigenvalue weighted by Gasteiger charge is -2.32. The van der Waals surface area contributed by atoms with Crippen LogP contribution in [0.4, 0.5) is 8.39 Å². The summed E-state index contributed by atoms with van der Waals surface area (Å²) in [5.41, 5.74) is -1.02. The largest absolute Gasteiger partial charge is 0.551 e. The Morgan fingerprint density at radius 2 is 1.18 bits per heavy atom. The fraction of sp³-hybridized carbons (Fsp3) is 0.571. The molecule has 0 rings (SSSR count). The average molecular weight is 340 g/mol. The van der Waals surface area contributed by atoms with Gasteiger partial charge < -0.3 is 14.2 Å². The molecule has 0 aliphatic heterocycles. The minimum absolute atomic E-state index is 0.0211. The quantitative estimate of drug-likeness (QED) is 0.259. The number of hydrogen-bond acceptors (Lipinski definition) is 5. The highest BCUT2D eigenvalue weighted by Gasteiger charge is 2.36. The van der Waals surface area contributed by atoms with Crippen molar-refractivity contribution in [2.24, 2.45) is 5.41 Å². The molecule has 0 N–H and O–H groups in total. The molecule has 0 aromatic rings. The second kappa shape index (κ2) is 11.7. The molecule has 0 aromatic carbocycles. The molecule has 128 valence electrons. The SMILES string of the molecule is C=CCOCC(COCC=C)(COCC=C)COP(=O)(F)F. The molecule has 22 heavy (non-hydrogen) atoms. The monoisotopic (exact) mass is 340 g/mol. The topological polar surface area (TPSA) is 54.0 Å². The zero-order chi connectivity index (χ0) is 16.9. The van der Waals surface area contributed by atoms with E-state index >= 15 is 0 Å². The van der Waals surface area contributed by atoms with Crippen LogP contribution in [0.3, 0.4) is 0 Å². The van der Waals surface area contributed by atoms with Crippen molar-refractivity contribution in [2.75, 3.05) is 46.2 Å². The third-order valence-electron chi connectivity index (χ3n) is 2.45. The van der Waals surface area contributed by atoms with Crippen molar-refractivity contribution >= 4 is 7.99 Å². The maximum Gasteiger partial charge on any atom is 0.551 e. The Labute approximate surface area is 130 Å². The zero-order valence-corrected chi connectivity index (χ0v) is 13.4. The van der Waals surface area contributed by atoms with Crippen molar-refractivity contribution in [1.29, 1.82) is 0 Å². The number of hydrogen-bond donors (Lipinski definition) is 0. The highest BCUT2D eigenvalue weighted by Crippen LogP contribution is 2.51. The van der Waals surface area contributed by atoms with Gasteiger partial charge in [-0.05, 0) is 0 Å². The van der Waals surface area contributed by atoms with Gasteiger partial charge in [-0.15, -0.1) is 28.1 Å². The lowest BCUT2D eigenvalue weighted by molar-refractivity contribution is -0.0787. The molecule has 0 radical (unpaired) electrons. The van der Waals surface area contributed by atoms with Gasteiger partial charge >= 0.3 is 7.99 Å². The second-order valence-corrected chi connectivity index (χ2v) is 5.69. The molecule has 0 unspecified atom stereocenters. The van der Waals surface area contributed by atoms with Crippen LogP contribution in [0.2, 0.25) is 0 Å². The number of rotatable bonds is 15. The summed E-state index contributed by atoms with van der Waals surface area (Å²) in [5.74, 6) is 0. The summed E-state index contributed by atoms with van der Waals surface area (Å²) in [6.07, 6.45) is 4.57. The Hall–Kier alpha value is -0.850. The molecule has 0 aromatic heterocycles. The van der Waals surface area contributed by atoms with Crippen LogP contribution in [0.5, 0.6) is 0 Å². The second-order valence-electron chi connectivity index (χ2n) is 4.60. The van der Waals surface area contributed by atoms with Crippen molar-refractivity contribution in [1.82, 2.24) is 0 Å². The third-order valence-corrected chi connectivity index (χ3v) is 2.88. The Balaban J connectivity index is 4.89. The normalized spacial score (nSPS) is 12.1. The molecule has 0 heterocycles. The summed E-state index contributed by atoms with van der Waals surface area (Å²) >= 11 is 0. The smallest absolute Gasteiger partial charge is 0.377 e. The van der Waals surface area contributed by atoms with E-state index in [9.17, 15) is 13.0 Å². The Morgan fingerprint density at radius 1 is 0.818 bits per heavy atom. The van der Waals surface area contributed by atoms with Gasteiger partial charge in [0.25, 0.3) is 0 Å². The molecule has 0 atom stereocenters. The van der Waals surface area contributed by atoms with Crippen LogP contribution in [0.1, 0.15) is 0 Å². The highest BCUT2D eigenvalue weighted by molar-refractivity contribution is 7.47. The maximum absolute atomic E-state index is 12.6. The van der Waals surface area contributed by atoms with Crippen LogP contribution in [0.25, 0.3) is 0 Å². The molecule has 0 amide bonds. The highest BCUT2D eigenvalue weighted by atomic mass is 31.2. The lowest BCUT2D eigenvalue weighted by atomic mass is 9.92. The maximum atomic E-state index is 12.6. The summed E-state index contributed by atoms with van der Waals surface area (Å²) in [7, 11) is -5.61. The molecule has 0 bridgehead atoms. The number of ether oxygens (including phenoxy) is 3. The van der Waals surface area contributed by atoms with Gasteiger partial charge in [-0.1, -0.05) is 18.2 Å². The molecule has 5 nitrogen and oxygen atoms in total. The van der Waals surface area contributed by atoms with E-state index in [-0.39, 0.29) is 39.6 Å². The fourth-order valence-corrected chi connectivity index (χ4v) is 1.96. The molecular weight excluding hydrogens is 317 g/mol. The molecule has 0 saturated heterocycles. The van der Waals surface area contributed by atoms with Gasteiger partial charge in [0.15, 0.2) is 0 Å². The first-order valence-corrected chi connectivity index (χ1v) is 7.99. The van der Waals surface area contributed by atoms with Crippen LogP contribution in [-0.4, -0.2) is 46.2 Å². The van der Waals surface area contributed by atoms with Gasteiger partial charge in [-0.2, -0.15) is 0 Å². The van der Waals surface area contributed by atoms with Crippen molar-refractivity contribution < 1.29 is 31.7 Å². The van der Waals surface area contributed by atoms with Gasteiger partial charge in [-0.25, -0.2) is 4.57 Å². The molecule has 0 aliphatic rings. The van der Waals surface area contributed by atoms with E-state index in [0.717, 1.165) is 0 Å². The van der Waals surface area contributed by atoms with Crippen LogP contribution in [-0.2, 0) is 23.3 Å². The van der Waals surface area contributed by atoms with E-state index in [4.69, 9.17) is 14.2 Å². The first-order chi connectivity index (χ1) is 10.4. The molecule has 8 heteroatoms. The molecule has 0 fully saturated rings. The Kier molecular flexibility index (Phi) is 11.2. The van der Waals surface area contributed by atoms with E-state index in [2.05, 4.69) is 24.3 Å². The number of halogens is 2. The van der Waals surface area contributed by atoms with Gasteiger partial charge in [-0.3, -0.25) is 4.52 Å². The first kappa shape index (κ1) is 21.1. The van der Waals surface area contributed by atoms with Crippen molar-refractivity contribution in [3.63, 3.8) is 0 Å². The van der Waals surface area contributed by atoms with Crippen LogP contribution >= 0.6 is 7.99 Å². The first-order valence-electron chi connectivity index (χ1n) is 6.59. The standard InChI is InChI=1S/C14H23F2O5P/c1-4-7-18-10-14(11-19-8-5-2,12-20-9-6-3)13-21-22(15,16)17/h4-6H,1-3,7-13H2. The van der Waals surface area contributed by atoms with E-state index in [0.29, 0.717) is 0 Å². The van der Waals surface area contributed by atoms with Crippen molar-refractivity contribution in [3.8, 4) is 0 Å². The Morgan fingerprint density at radius 3 is 1.45 bits per heavy atom. The summed E-state index contributed by atoms with van der Waals surface area (Å²) in [4.78, 5) is 0. The predicted molar refractivity (Wildman–Crippen MR) is 81.3 cm³/mol. The van der Waals surface area contributed by atoms with Gasteiger partial charge in [0.1, 0.15) is 0 Å². The lowest BCUT2D eigenvalue weighted by Crippen LogP contribution is -2.41. The molecule has 0 saturated carbocycles. The van der Waals surface area contributed by atoms with Gasteiger partial charge in [0.05, 0.1) is 51.7 Å². The van der Waals surface area contributed by atoms with Crippen LogP contribution in [0, 0.1) is 5.41 Å². The van der Waals surface area contributed by atoms with E-state index in [1.807, 2.05) is 0 Å². The summed E-state index contributed by atoms with van der Waals surface area (Å²) in [5, 5.41) is 0. The third kappa shape index (κ3) is 10.8. The minimum Gasteiger partial charge on any atom is -0.377 e. The van der Waals surface area contributed by atoms with Crippen molar-refractivity contribution in [3.05, 3.63) is 38.0 Å². The molecule has 0 spiro atoms. The summed E-state index contributed by atoms with van der Waals surface area (Å²) in [6, 6.07) is 0. The van der Waals surface area contributed by atoms with E-state index in [1.165, 1.54) is 18.2 Å². The summed E-state index contributed by atoms with van der Waals surface area (Å²) in [6.45, 7) is 10.7. The fourth-order valence-electron chi connectivity index (χ4n) is 1.54.